The third kappa shape index (κ3) is 212. The van der Waals surface area contributed by atoms with E-state index in [2.05, 4.69) is 22.6 Å². The van der Waals surface area contributed by atoms with Crippen LogP contribution >= 0.6 is 0 Å². The fourth-order valence-corrected chi connectivity index (χ4v) is 3.77. The van der Waals surface area contributed by atoms with Crippen molar-refractivity contribution in [1.82, 2.24) is 0 Å². The molecular formula is C23H57Na2O26S8-3. The zero-order valence-corrected chi connectivity index (χ0v) is 45.9. The number of unbranched alkanes of at least 4 members (excludes halogenated alkanes) is 1. The molecule has 0 unspecified atom stereocenters. The van der Waals surface area contributed by atoms with Crippen LogP contribution in [0.3, 0.4) is 0 Å². The van der Waals surface area contributed by atoms with Gasteiger partial charge >= 0.3 is 59.1 Å². The van der Waals surface area contributed by atoms with Crippen molar-refractivity contribution >= 4 is 80.7 Å². The Morgan fingerprint density at radius 1 is 0.390 bits per heavy atom. The molecule has 358 valence electrons. The van der Waals surface area contributed by atoms with E-state index < -0.39 is 80.7 Å². The molecule has 0 amide bonds. The second-order valence-corrected chi connectivity index (χ2v) is 23.3. The van der Waals surface area contributed by atoms with Crippen molar-refractivity contribution in [3.8, 4) is 0 Å². The van der Waals surface area contributed by atoms with Gasteiger partial charge in [0.2, 0.25) is 0 Å². The van der Waals surface area contributed by atoms with E-state index >= 15 is 0 Å². The summed E-state index contributed by atoms with van der Waals surface area (Å²) in [5.41, 5.74) is 0. The number of ether oxygens (including phenoxy) is 3. The molecule has 0 aromatic carbocycles. The van der Waals surface area contributed by atoms with Crippen molar-refractivity contribution in [2.45, 2.75) is 39.0 Å². The zero-order chi connectivity index (χ0) is 48.0. The van der Waals surface area contributed by atoms with Crippen LogP contribution < -0.4 is 59.1 Å². The molecule has 0 radical (unpaired) electrons. The molecule has 59 heavy (non-hydrogen) atoms. The van der Waals surface area contributed by atoms with Gasteiger partial charge in [-0.1, -0.05) is 13.3 Å². The maximum atomic E-state index is 10.6. The van der Waals surface area contributed by atoms with E-state index in [9.17, 15) is 64.2 Å². The third-order valence-electron chi connectivity index (χ3n) is 3.53. The summed E-state index contributed by atoms with van der Waals surface area (Å²) < 4.78 is 225. The van der Waals surface area contributed by atoms with Crippen molar-refractivity contribution in [1.29, 1.82) is 0 Å². The summed E-state index contributed by atoms with van der Waals surface area (Å²) in [5, 5.41) is 0. The molecule has 0 heterocycles. The van der Waals surface area contributed by atoms with Crippen LogP contribution in [0, 0.1) is 0 Å². The van der Waals surface area contributed by atoms with E-state index in [4.69, 9.17) is 25.9 Å². The first-order valence-corrected chi connectivity index (χ1v) is 28.7. The van der Waals surface area contributed by atoms with Crippen molar-refractivity contribution in [3.05, 3.63) is 0 Å². The second-order valence-electron chi connectivity index (χ2n) is 10.0. The van der Waals surface area contributed by atoms with Gasteiger partial charge in [0.15, 0.2) is 0 Å². The summed E-state index contributed by atoms with van der Waals surface area (Å²) in [7, 11) is -22.2. The van der Waals surface area contributed by atoms with E-state index in [1.807, 2.05) is 6.92 Å². The molecule has 0 rings (SSSR count). The summed E-state index contributed by atoms with van der Waals surface area (Å²) in [6, 6.07) is 0. The van der Waals surface area contributed by atoms with Crippen molar-refractivity contribution in [3.63, 3.8) is 0 Å². The number of sulfone groups is 1. The number of hydrogen-bond donors (Lipinski definition) is 0. The first-order chi connectivity index (χ1) is 24.9. The Kier molecular flexibility index (Phi) is 64.9. The van der Waals surface area contributed by atoms with Gasteiger partial charge in [-0.25, -0.2) is 50.5 Å². The minimum absolute atomic E-state index is 0. The van der Waals surface area contributed by atoms with E-state index in [1.54, 1.807) is 0 Å². The molecule has 0 bridgehead atoms. The molecular weight excluding hydrogens is 995 g/mol. The van der Waals surface area contributed by atoms with E-state index in [-0.39, 0.29) is 95.0 Å². The minimum Gasteiger partial charge on any atom is -0.748 e. The molecule has 0 N–H and O–H groups in total. The number of hydrogen-bond acceptors (Lipinski definition) is 26. The Hall–Kier alpha value is 1.20. The van der Waals surface area contributed by atoms with Crippen LogP contribution in [0.2, 0.25) is 0 Å². The summed E-state index contributed by atoms with van der Waals surface area (Å²) >= 11 is 0. The van der Waals surface area contributed by atoms with Gasteiger partial charge < -0.3 is 37.0 Å². The van der Waals surface area contributed by atoms with E-state index in [1.165, 1.54) is 21.3 Å². The van der Waals surface area contributed by atoms with Gasteiger partial charge in [0.05, 0.1) is 76.8 Å². The van der Waals surface area contributed by atoms with Crippen LogP contribution in [0.15, 0.2) is 0 Å². The maximum absolute atomic E-state index is 10.6. The molecule has 0 aliphatic rings. The smallest absolute Gasteiger partial charge is 0.748 e. The predicted octanol–water partition coefficient (Wildman–Crippen LogP) is -8.95. The van der Waals surface area contributed by atoms with Crippen molar-refractivity contribution in [2.24, 2.45) is 0 Å². The largest absolute Gasteiger partial charge is 1.00 e. The second kappa shape index (κ2) is 45.8. The molecule has 0 saturated carbocycles. The van der Waals surface area contributed by atoms with Gasteiger partial charge in [0.1, 0.15) is 9.84 Å². The Morgan fingerprint density at radius 2 is 0.576 bits per heavy atom. The molecule has 0 aromatic rings. The Labute approximate surface area is 397 Å². The van der Waals surface area contributed by atoms with Crippen LogP contribution in [-0.2, 0) is 103 Å². The summed E-state index contributed by atoms with van der Waals surface area (Å²) in [4.78, 5) is 0. The molecule has 0 atom stereocenters. The van der Waals surface area contributed by atoms with Gasteiger partial charge in [-0.15, -0.1) is 0 Å². The average Bonchev–Trinajstić information content (AvgIpc) is 2.93. The molecule has 0 aromatic heterocycles. The fourth-order valence-electron chi connectivity index (χ4n) is 1.54. The van der Waals surface area contributed by atoms with Crippen LogP contribution in [0.25, 0.3) is 0 Å². The molecule has 0 aliphatic carbocycles. The first kappa shape index (κ1) is 83.7. The summed E-state index contributed by atoms with van der Waals surface area (Å²) in [6.45, 7) is 2.93. The summed E-state index contributed by atoms with van der Waals surface area (Å²) in [6.07, 6.45) is 6.79. The van der Waals surface area contributed by atoms with Gasteiger partial charge in [-0.3, -0.25) is 8.37 Å². The monoisotopic (exact) mass is 1050 g/mol. The predicted molar refractivity (Wildman–Crippen MR) is 203 cm³/mol. The van der Waals surface area contributed by atoms with Crippen LogP contribution in [0.1, 0.15) is 39.0 Å². The van der Waals surface area contributed by atoms with Gasteiger partial charge in [-0.2, -0.15) is 16.8 Å². The van der Waals surface area contributed by atoms with E-state index in [0.29, 0.717) is 45.2 Å². The third-order valence-corrected chi connectivity index (χ3v) is 7.80. The first-order valence-electron chi connectivity index (χ1n) is 14.6. The number of rotatable bonds is 17. The van der Waals surface area contributed by atoms with Crippen LogP contribution in [-0.4, -0.2) is 200 Å². The van der Waals surface area contributed by atoms with Crippen molar-refractivity contribution in [2.75, 3.05) is 110 Å². The molecule has 0 fully saturated rings. The molecule has 26 nitrogen and oxygen atoms in total. The quantitative estimate of drug-likeness (QED) is 0.0565. The molecule has 0 spiro atoms. The molecule has 0 aliphatic heterocycles. The molecule has 36 heteroatoms. The summed E-state index contributed by atoms with van der Waals surface area (Å²) in [5.74, 6) is -0.859. The van der Waals surface area contributed by atoms with Gasteiger partial charge in [-0.05, 0) is 25.7 Å². The zero-order valence-electron chi connectivity index (χ0n) is 35.4. The van der Waals surface area contributed by atoms with Gasteiger partial charge in [0, 0.05) is 83.4 Å². The van der Waals surface area contributed by atoms with Crippen LogP contribution in [0.4, 0.5) is 0 Å². The Bertz CT molecular complexity index is 1700. The standard InChI is InChI=1S/C5H12O4S.2C4H10O4S.C4H10O3S.C2H6O3S.C2H6O2S.2CH4O3S.2Na/c1-8-4-3-5-10(6,7)9-2;2*1-8-3-2-4-9(5,6)7;1-2-3-4-8(5,6)7;1-5-6(2,3)4;3*1-5(2,3)4;;/h3-5H2,1-2H3;2*2-4H2,1H3,(H,5,6,7);2-4H2,1H3,(H,5,6,7);1-2H3;1-2H3;2*1H3,(H,2,3,4);;/q;;;;;;;;2*+1/p-5. The minimum atomic E-state index is -4.03. The van der Waals surface area contributed by atoms with Crippen LogP contribution in [0.5, 0.6) is 0 Å². The maximum Gasteiger partial charge on any atom is 1.00 e. The van der Waals surface area contributed by atoms with Gasteiger partial charge in [0.25, 0.3) is 20.2 Å². The fraction of sp³-hybridized carbons (Fsp3) is 1.00. The number of methoxy groups -OCH3 is 3. The average molecular weight is 1050 g/mol. The Balaban J connectivity index is -0.0000000586. The molecule has 0 saturated heterocycles. The normalized spacial score (nSPS) is 11.3. The van der Waals surface area contributed by atoms with E-state index in [0.717, 1.165) is 39.4 Å². The topological polar surface area (TPSA) is 435 Å². The SMILES string of the molecule is CCCCS(=O)(=O)[O-].COCCCS(=O)(=O)OC.COCCCS(=O)(=O)[O-].COCCCS(=O)(=O)[O-].COS(C)(=O)=O.CS(=O)(=O)[O-].CS(=O)(=O)[O-].CS(C)(=O)=O.[Na+].[Na+]. The van der Waals surface area contributed by atoms with Crippen molar-refractivity contribution < 1.29 is 172 Å². The Morgan fingerprint density at radius 3 is 0.695 bits per heavy atom.